The van der Waals surface area contributed by atoms with Crippen LogP contribution in [0.3, 0.4) is 0 Å². The maximum atomic E-state index is 12.5. The van der Waals surface area contributed by atoms with E-state index in [1.807, 2.05) is 6.07 Å². The molecule has 3 aromatic rings. The molecule has 2 aromatic carbocycles. The van der Waals surface area contributed by atoms with E-state index in [4.69, 9.17) is 5.11 Å². The Morgan fingerprint density at radius 1 is 0.950 bits per heavy atom. The van der Waals surface area contributed by atoms with Gasteiger partial charge in [-0.05, 0) is 24.3 Å². The monoisotopic (exact) mass is 266 g/mol. The number of rotatable bonds is 2. The third-order valence-electron chi connectivity index (χ3n) is 3.06. The molecule has 1 N–H and O–H groups in total. The Morgan fingerprint density at radius 3 is 2.35 bits per heavy atom. The summed E-state index contributed by atoms with van der Waals surface area (Å²) in [6.45, 7) is 0. The molecule has 0 aliphatic heterocycles. The highest BCUT2D eigenvalue weighted by Crippen LogP contribution is 2.16. The van der Waals surface area contributed by atoms with Gasteiger partial charge in [0.1, 0.15) is 6.33 Å². The summed E-state index contributed by atoms with van der Waals surface area (Å²) in [6.07, 6.45) is 1.41. The molecule has 0 saturated carbocycles. The van der Waals surface area contributed by atoms with Gasteiger partial charge in [0.2, 0.25) is 0 Å². The quantitative estimate of drug-likeness (QED) is 0.773. The lowest BCUT2D eigenvalue weighted by molar-refractivity contribution is 0.0691. The van der Waals surface area contributed by atoms with Crippen molar-refractivity contribution in [1.82, 2.24) is 9.55 Å². The Labute approximate surface area is 114 Å². The van der Waals surface area contributed by atoms with Gasteiger partial charge in [-0.1, -0.05) is 24.3 Å². The fraction of sp³-hybridized carbons (Fsp3) is 0. The number of aromatic carboxylic acids is 1. The first-order valence-corrected chi connectivity index (χ1v) is 5.97. The maximum Gasteiger partial charge on any atom is 0.336 e. The van der Waals surface area contributed by atoms with Crippen LogP contribution >= 0.6 is 0 Å². The van der Waals surface area contributed by atoms with Crippen molar-refractivity contribution in [2.45, 2.75) is 0 Å². The Kier molecular flexibility index (Phi) is 2.80. The van der Waals surface area contributed by atoms with Gasteiger partial charge in [-0.2, -0.15) is 0 Å². The molecule has 0 saturated heterocycles. The van der Waals surface area contributed by atoms with Gasteiger partial charge < -0.3 is 5.11 Å². The second-order valence-electron chi connectivity index (χ2n) is 4.26. The first kappa shape index (κ1) is 12.1. The third kappa shape index (κ3) is 1.85. The molecule has 20 heavy (non-hydrogen) atoms. The van der Waals surface area contributed by atoms with Crippen molar-refractivity contribution in [1.29, 1.82) is 0 Å². The molecule has 0 aliphatic rings. The van der Waals surface area contributed by atoms with Crippen molar-refractivity contribution in [2.75, 3.05) is 0 Å². The molecule has 98 valence electrons. The summed E-state index contributed by atoms with van der Waals surface area (Å²) >= 11 is 0. The summed E-state index contributed by atoms with van der Waals surface area (Å²) in [5.41, 5.74) is 1.46. The van der Waals surface area contributed by atoms with E-state index < -0.39 is 11.9 Å². The van der Waals surface area contributed by atoms with Crippen LogP contribution in [0, 0.1) is 0 Å². The van der Waals surface area contributed by atoms with E-state index in [0.717, 1.165) is 0 Å². The van der Waals surface area contributed by atoms with Gasteiger partial charge in [-0.25, -0.2) is 9.78 Å². The van der Waals surface area contributed by atoms with Crippen LogP contribution in [0.1, 0.15) is 20.7 Å². The van der Waals surface area contributed by atoms with Crippen LogP contribution in [0.15, 0.2) is 54.9 Å². The van der Waals surface area contributed by atoms with Gasteiger partial charge in [0.05, 0.1) is 22.2 Å². The second kappa shape index (κ2) is 4.62. The average molecular weight is 266 g/mol. The molecule has 0 aliphatic carbocycles. The Hall–Kier alpha value is -2.95. The van der Waals surface area contributed by atoms with Crippen LogP contribution in [0.5, 0.6) is 0 Å². The third-order valence-corrected chi connectivity index (χ3v) is 3.06. The summed E-state index contributed by atoms with van der Waals surface area (Å²) in [7, 11) is 0. The smallest absolute Gasteiger partial charge is 0.336 e. The molecule has 0 amide bonds. The van der Waals surface area contributed by atoms with Crippen LogP contribution in [0.25, 0.3) is 11.0 Å². The van der Waals surface area contributed by atoms with E-state index in [-0.39, 0.29) is 11.1 Å². The van der Waals surface area contributed by atoms with Gasteiger partial charge >= 0.3 is 5.97 Å². The molecule has 0 bridgehead atoms. The van der Waals surface area contributed by atoms with Crippen LogP contribution in [-0.4, -0.2) is 26.5 Å². The number of benzene rings is 2. The molecule has 0 spiro atoms. The molecular weight excluding hydrogens is 256 g/mol. The molecular formula is C15H10N2O3. The number of carboxylic acids is 1. The van der Waals surface area contributed by atoms with Gasteiger partial charge in [0.25, 0.3) is 5.91 Å². The second-order valence-corrected chi connectivity index (χ2v) is 4.26. The number of para-hydroxylation sites is 2. The minimum absolute atomic E-state index is 0.0183. The van der Waals surface area contributed by atoms with Crippen molar-refractivity contribution in [3.05, 3.63) is 66.0 Å². The van der Waals surface area contributed by atoms with E-state index in [1.54, 1.807) is 30.3 Å². The van der Waals surface area contributed by atoms with Crippen molar-refractivity contribution in [3.8, 4) is 0 Å². The Bertz CT molecular complexity index is 821. The highest BCUT2D eigenvalue weighted by molar-refractivity contribution is 6.08. The largest absolute Gasteiger partial charge is 0.478 e. The van der Waals surface area contributed by atoms with Crippen molar-refractivity contribution < 1.29 is 14.7 Å². The minimum atomic E-state index is -1.13. The molecule has 1 heterocycles. The number of nitrogens with zero attached hydrogens (tertiary/aromatic N) is 2. The van der Waals surface area contributed by atoms with Gasteiger partial charge in [0.15, 0.2) is 0 Å². The van der Waals surface area contributed by atoms with Crippen LogP contribution < -0.4 is 0 Å². The van der Waals surface area contributed by atoms with Crippen LogP contribution in [-0.2, 0) is 0 Å². The normalized spacial score (nSPS) is 10.6. The zero-order valence-electron chi connectivity index (χ0n) is 10.4. The summed E-state index contributed by atoms with van der Waals surface area (Å²) in [6, 6.07) is 13.3. The lowest BCUT2D eigenvalue weighted by Gasteiger charge is -2.06. The number of hydrogen-bond donors (Lipinski definition) is 1. The van der Waals surface area contributed by atoms with E-state index in [9.17, 15) is 9.59 Å². The lowest BCUT2D eigenvalue weighted by Crippen LogP contribution is -2.15. The minimum Gasteiger partial charge on any atom is -0.478 e. The number of carbonyl (C=O) groups is 2. The van der Waals surface area contributed by atoms with E-state index in [1.165, 1.54) is 23.0 Å². The number of carbonyl (C=O) groups excluding carboxylic acids is 1. The molecule has 1 aromatic heterocycles. The summed E-state index contributed by atoms with van der Waals surface area (Å²) in [4.78, 5) is 27.8. The predicted octanol–water partition coefficient (Wildman–Crippen LogP) is 2.42. The summed E-state index contributed by atoms with van der Waals surface area (Å²) < 4.78 is 1.36. The van der Waals surface area contributed by atoms with Crippen LogP contribution in [0.4, 0.5) is 0 Å². The standard InChI is InChI=1S/C15H10N2O3/c18-14(10-5-1-2-6-11(10)15(19)20)17-9-16-12-7-3-4-8-13(12)17/h1-9H,(H,19,20). The van der Waals surface area contributed by atoms with Crippen molar-refractivity contribution in [3.63, 3.8) is 0 Å². The predicted molar refractivity (Wildman–Crippen MR) is 72.9 cm³/mol. The molecule has 0 unspecified atom stereocenters. The molecule has 0 radical (unpaired) electrons. The maximum absolute atomic E-state index is 12.5. The molecule has 3 rings (SSSR count). The topological polar surface area (TPSA) is 72.2 Å². The number of aromatic nitrogens is 2. The molecule has 0 fully saturated rings. The van der Waals surface area contributed by atoms with Gasteiger partial charge in [0, 0.05) is 0 Å². The number of hydrogen-bond acceptors (Lipinski definition) is 3. The zero-order valence-corrected chi connectivity index (χ0v) is 10.4. The van der Waals surface area contributed by atoms with Gasteiger partial charge in [-0.15, -0.1) is 0 Å². The van der Waals surface area contributed by atoms with E-state index in [2.05, 4.69) is 4.98 Å². The first-order valence-electron chi connectivity index (χ1n) is 5.97. The number of carboxylic acid groups (broad SMARTS) is 1. The van der Waals surface area contributed by atoms with E-state index >= 15 is 0 Å². The lowest BCUT2D eigenvalue weighted by atomic mass is 10.1. The van der Waals surface area contributed by atoms with E-state index in [0.29, 0.717) is 11.0 Å². The molecule has 0 atom stereocenters. The SMILES string of the molecule is O=C(O)c1ccccc1C(=O)n1cnc2ccccc21. The Morgan fingerprint density at radius 2 is 1.60 bits per heavy atom. The fourth-order valence-electron chi connectivity index (χ4n) is 2.11. The van der Waals surface area contributed by atoms with Gasteiger partial charge in [-0.3, -0.25) is 9.36 Å². The summed E-state index contributed by atoms with van der Waals surface area (Å²) in [5, 5.41) is 9.15. The molecule has 5 heteroatoms. The first-order chi connectivity index (χ1) is 9.68. The number of imidazole rings is 1. The van der Waals surface area contributed by atoms with Crippen molar-refractivity contribution in [2.24, 2.45) is 0 Å². The summed E-state index contributed by atoms with van der Waals surface area (Å²) in [5.74, 6) is -1.53. The fourth-order valence-corrected chi connectivity index (χ4v) is 2.11. The molecule has 5 nitrogen and oxygen atoms in total. The average Bonchev–Trinajstić information content (AvgIpc) is 2.90. The number of fused-ring (bicyclic) bond motifs is 1. The van der Waals surface area contributed by atoms with Crippen molar-refractivity contribution >= 4 is 22.9 Å². The Balaban J connectivity index is 2.16. The zero-order chi connectivity index (χ0) is 14.1. The highest BCUT2D eigenvalue weighted by atomic mass is 16.4. The highest BCUT2D eigenvalue weighted by Gasteiger charge is 2.18. The van der Waals surface area contributed by atoms with Crippen LogP contribution in [0.2, 0.25) is 0 Å².